The summed E-state index contributed by atoms with van der Waals surface area (Å²) in [6, 6.07) is 7.33. The van der Waals surface area contributed by atoms with Crippen molar-refractivity contribution in [1.29, 1.82) is 0 Å². The van der Waals surface area contributed by atoms with Crippen LogP contribution in [0.4, 0.5) is 13.2 Å². The van der Waals surface area contributed by atoms with Gasteiger partial charge in [0.15, 0.2) is 0 Å². The Morgan fingerprint density at radius 1 is 1.21 bits per heavy atom. The summed E-state index contributed by atoms with van der Waals surface area (Å²) < 4.78 is 35.4. The van der Waals surface area contributed by atoms with Crippen molar-refractivity contribution in [2.24, 2.45) is 0 Å². The van der Waals surface area contributed by atoms with Crippen molar-refractivity contribution in [1.82, 2.24) is 0 Å². The summed E-state index contributed by atoms with van der Waals surface area (Å²) >= 11 is 0. The molecule has 0 saturated carbocycles. The Kier molecular flexibility index (Phi) is 3.33. The van der Waals surface area contributed by atoms with E-state index in [0.29, 0.717) is 0 Å². The maximum absolute atomic E-state index is 11.8. The van der Waals surface area contributed by atoms with Gasteiger partial charge in [-0.3, -0.25) is 0 Å². The predicted molar refractivity (Wildman–Crippen MR) is 50.9 cm³/mol. The summed E-state index contributed by atoms with van der Waals surface area (Å²) in [4.78, 5) is 0. The fraction of sp³-hybridized carbons (Fsp3) is 0.273. The van der Waals surface area contributed by atoms with Crippen LogP contribution in [0.3, 0.4) is 0 Å². The molecule has 1 rings (SSSR count). The normalized spacial score (nSPS) is 12.3. The van der Waals surface area contributed by atoms with Gasteiger partial charge in [0, 0.05) is 0 Å². The molecule has 14 heavy (non-hydrogen) atoms. The first-order valence-corrected chi connectivity index (χ1v) is 4.28. The zero-order chi connectivity index (χ0) is 10.6. The van der Waals surface area contributed by atoms with E-state index in [0.717, 1.165) is 17.2 Å². The number of hydrogen-bond donors (Lipinski definition) is 0. The first-order chi connectivity index (χ1) is 6.49. The van der Waals surface area contributed by atoms with Crippen LogP contribution in [0.5, 0.6) is 0 Å². The van der Waals surface area contributed by atoms with Gasteiger partial charge in [0.05, 0.1) is 6.42 Å². The number of alkyl halides is 3. The Bertz CT molecular complexity index is 324. The molecule has 0 aliphatic carbocycles. The molecule has 0 radical (unpaired) electrons. The Morgan fingerprint density at radius 3 is 2.43 bits per heavy atom. The van der Waals surface area contributed by atoms with E-state index in [1.807, 2.05) is 19.1 Å². The molecule has 0 nitrogen and oxygen atoms in total. The van der Waals surface area contributed by atoms with Crippen molar-refractivity contribution >= 4 is 6.08 Å². The van der Waals surface area contributed by atoms with Crippen LogP contribution in [0, 0.1) is 6.92 Å². The molecule has 1 aromatic rings. The first kappa shape index (κ1) is 10.8. The van der Waals surface area contributed by atoms with Crippen molar-refractivity contribution in [3.05, 3.63) is 41.5 Å². The molecule has 0 N–H and O–H groups in total. The number of aryl methyl sites for hydroxylation is 1. The molecular weight excluding hydrogens is 189 g/mol. The summed E-state index contributed by atoms with van der Waals surface area (Å²) in [5.41, 5.74) is 1.81. The quantitative estimate of drug-likeness (QED) is 0.677. The molecule has 0 spiro atoms. The largest absolute Gasteiger partial charge is 0.392 e. The van der Waals surface area contributed by atoms with Crippen molar-refractivity contribution in [3.8, 4) is 0 Å². The summed E-state index contributed by atoms with van der Waals surface area (Å²) in [5, 5.41) is 0. The van der Waals surface area contributed by atoms with Gasteiger partial charge < -0.3 is 0 Å². The molecule has 76 valence electrons. The van der Waals surface area contributed by atoms with Crippen molar-refractivity contribution in [2.75, 3.05) is 0 Å². The highest BCUT2D eigenvalue weighted by atomic mass is 19.4. The molecule has 0 heterocycles. The van der Waals surface area contributed by atoms with Crippen molar-refractivity contribution in [3.63, 3.8) is 0 Å². The second-order valence-electron chi connectivity index (χ2n) is 3.08. The summed E-state index contributed by atoms with van der Waals surface area (Å²) in [6.45, 7) is 1.87. The van der Waals surface area contributed by atoms with Crippen LogP contribution in [-0.4, -0.2) is 6.18 Å². The van der Waals surface area contributed by atoms with Crippen LogP contribution in [0.15, 0.2) is 30.3 Å². The highest BCUT2D eigenvalue weighted by molar-refractivity contribution is 5.53. The number of halogens is 3. The minimum absolute atomic E-state index is 0.830. The van der Waals surface area contributed by atoms with Crippen LogP contribution < -0.4 is 0 Å². The molecule has 0 aliphatic heterocycles. The lowest BCUT2D eigenvalue weighted by atomic mass is 10.1. The highest BCUT2D eigenvalue weighted by Gasteiger charge is 2.24. The van der Waals surface area contributed by atoms with Gasteiger partial charge in [-0.1, -0.05) is 36.4 Å². The van der Waals surface area contributed by atoms with Crippen LogP contribution in [-0.2, 0) is 0 Å². The molecule has 0 bridgehead atoms. The van der Waals surface area contributed by atoms with E-state index in [1.165, 1.54) is 6.08 Å². The monoisotopic (exact) mass is 200 g/mol. The summed E-state index contributed by atoms with van der Waals surface area (Å²) in [5.74, 6) is 0. The minimum Gasteiger partial charge on any atom is -0.171 e. The summed E-state index contributed by atoms with van der Waals surface area (Å²) in [6.07, 6.45) is -2.34. The fourth-order valence-electron chi connectivity index (χ4n) is 1.09. The van der Waals surface area contributed by atoms with Crippen LogP contribution in [0.25, 0.3) is 6.08 Å². The molecule has 0 fully saturated rings. The average Bonchev–Trinajstić information content (AvgIpc) is 2.06. The van der Waals surface area contributed by atoms with E-state index in [4.69, 9.17) is 0 Å². The fourth-order valence-corrected chi connectivity index (χ4v) is 1.09. The lowest BCUT2D eigenvalue weighted by Crippen LogP contribution is -2.03. The average molecular weight is 200 g/mol. The van der Waals surface area contributed by atoms with E-state index in [2.05, 4.69) is 0 Å². The third-order valence-electron chi connectivity index (χ3n) is 1.84. The molecule has 0 saturated heterocycles. The van der Waals surface area contributed by atoms with Gasteiger partial charge in [-0.15, -0.1) is 0 Å². The lowest BCUT2D eigenvalue weighted by molar-refractivity contribution is -0.124. The maximum Gasteiger partial charge on any atom is 0.392 e. The van der Waals surface area contributed by atoms with E-state index >= 15 is 0 Å². The molecule has 0 aliphatic rings. The van der Waals surface area contributed by atoms with Gasteiger partial charge in [-0.05, 0) is 18.1 Å². The Labute approximate surface area is 81.1 Å². The number of benzene rings is 1. The van der Waals surface area contributed by atoms with Gasteiger partial charge in [-0.2, -0.15) is 13.2 Å². The van der Waals surface area contributed by atoms with E-state index < -0.39 is 12.6 Å². The second-order valence-corrected chi connectivity index (χ2v) is 3.08. The van der Waals surface area contributed by atoms with Gasteiger partial charge in [0.25, 0.3) is 0 Å². The van der Waals surface area contributed by atoms with Crippen molar-refractivity contribution < 1.29 is 13.2 Å². The van der Waals surface area contributed by atoms with Crippen LogP contribution in [0.2, 0.25) is 0 Å². The molecular formula is C11H11F3. The summed E-state index contributed by atoms with van der Waals surface area (Å²) in [7, 11) is 0. The number of allylic oxidation sites excluding steroid dienone is 1. The first-order valence-electron chi connectivity index (χ1n) is 4.28. The Balaban J connectivity index is 2.65. The zero-order valence-electron chi connectivity index (χ0n) is 7.81. The SMILES string of the molecule is Cc1ccccc1C=CCC(F)(F)F. The minimum atomic E-state index is -4.11. The van der Waals surface area contributed by atoms with Crippen LogP contribution in [0.1, 0.15) is 17.5 Å². The molecule has 1 aromatic carbocycles. The third kappa shape index (κ3) is 3.64. The topological polar surface area (TPSA) is 0 Å². The lowest BCUT2D eigenvalue weighted by Gasteiger charge is -2.01. The Morgan fingerprint density at radius 2 is 1.86 bits per heavy atom. The van der Waals surface area contributed by atoms with E-state index in [-0.39, 0.29) is 0 Å². The zero-order valence-corrected chi connectivity index (χ0v) is 7.81. The van der Waals surface area contributed by atoms with Gasteiger partial charge in [-0.25, -0.2) is 0 Å². The predicted octanol–water partition coefficient (Wildman–Crippen LogP) is 3.96. The smallest absolute Gasteiger partial charge is 0.171 e. The Hall–Kier alpha value is -1.25. The number of rotatable bonds is 2. The standard InChI is InChI=1S/C11H11F3/c1-9-5-2-3-6-10(9)7-4-8-11(12,13)14/h2-7H,8H2,1H3. The second kappa shape index (κ2) is 4.31. The molecule has 0 amide bonds. The highest BCUT2D eigenvalue weighted by Crippen LogP contribution is 2.20. The number of hydrogen-bond acceptors (Lipinski definition) is 0. The molecule has 0 unspecified atom stereocenters. The van der Waals surface area contributed by atoms with Crippen LogP contribution >= 0.6 is 0 Å². The van der Waals surface area contributed by atoms with E-state index in [1.54, 1.807) is 12.1 Å². The third-order valence-corrected chi connectivity index (χ3v) is 1.84. The molecule has 3 heteroatoms. The van der Waals surface area contributed by atoms with Crippen molar-refractivity contribution in [2.45, 2.75) is 19.5 Å². The van der Waals surface area contributed by atoms with E-state index in [9.17, 15) is 13.2 Å². The maximum atomic E-state index is 11.8. The van der Waals surface area contributed by atoms with Gasteiger partial charge in [0.2, 0.25) is 0 Å². The molecule has 0 aromatic heterocycles. The van der Waals surface area contributed by atoms with Gasteiger partial charge >= 0.3 is 6.18 Å². The molecule has 0 atom stereocenters. The van der Waals surface area contributed by atoms with Gasteiger partial charge in [0.1, 0.15) is 0 Å².